The summed E-state index contributed by atoms with van der Waals surface area (Å²) in [5.74, 6) is 0.626. The molecular formula is C8H15N3S. The Bertz CT molecular complexity index is 173. The number of hydrogen-bond acceptors (Lipinski definition) is 2. The summed E-state index contributed by atoms with van der Waals surface area (Å²) in [4.78, 5) is 0. The molecule has 0 aromatic heterocycles. The average molecular weight is 185 g/mol. The lowest BCUT2D eigenvalue weighted by Gasteiger charge is -2.16. The van der Waals surface area contributed by atoms with Gasteiger partial charge >= 0.3 is 0 Å². The number of hydrazone groups is 1. The topological polar surface area (TPSA) is 50.4 Å². The van der Waals surface area contributed by atoms with Crippen molar-refractivity contribution in [3.8, 4) is 0 Å². The summed E-state index contributed by atoms with van der Waals surface area (Å²) in [5.41, 5.74) is 7.79. The van der Waals surface area contributed by atoms with Crippen LogP contribution in [0.1, 0.15) is 32.1 Å². The maximum Gasteiger partial charge on any atom is 0.184 e. The van der Waals surface area contributed by atoms with Gasteiger partial charge in [0.05, 0.1) is 0 Å². The van der Waals surface area contributed by atoms with Crippen molar-refractivity contribution in [2.24, 2.45) is 16.8 Å². The Morgan fingerprint density at radius 1 is 1.42 bits per heavy atom. The number of nitrogens with one attached hydrogen (secondary N) is 1. The van der Waals surface area contributed by atoms with Crippen molar-refractivity contribution in [1.29, 1.82) is 0 Å². The summed E-state index contributed by atoms with van der Waals surface area (Å²) in [6, 6.07) is 0. The van der Waals surface area contributed by atoms with E-state index in [4.69, 9.17) is 5.73 Å². The van der Waals surface area contributed by atoms with Crippen molar-refractivity contribution in [3.05, 3.63) is 0 Å². The van der Waals surface area contributed by atoms with E-state index in [1.54, 1.807) is 0 Å². The number of thiocarbonyl (C=S) groups is 1. The van der Waals surface area contributed by atoms with Gasteiger partial charge in [-0.2, -0.15) is 5.10 Å². The van der Waals surface area contributed by atoms with Gasteiger partial charge in [-0.3, -0.25) is 5.43 Å². The summed E-state index contributed by atoms with van der Waals surface area (Å²) in [5, 5.41) is 4.19. The smallest absolute Gasteiger partial charge is 0.184 e. The Labute approximate surface area is 78.4 Å². The van der Waals surface area contributed by atoms with Crippen LogP contribution in [0.3, 0.4) is 0 Å². The molecule has 1 fully saturated rings. The molecule has 1 aliphatic rings. The number of hydrogen-bond donors (Lipinski definition) is 2. The lowest BCUT2D eigenvalue weighted by atomic mass is 9.90. The average Bonchev–Trinajstić information content (AvgIpc) is 2.05. The third-order valence-electron chi connectivity index (χ3n) is 2.11. The largest absolute Gasteiger partial charge is 0.375 e. The van der Waals surface area contributed by atoms with Gasteiger partial charge in [0.2, 0.25) is 0 Å². The number of nitrogens with two attached hydrogens (primary N) is 1. The first-order valence-corrected chi connectivity index (χ1v) is 4.78. The normalized spacial score (nSPS) is 19.7. The second-order valence-corrected chi connectivity index (χ2v) is 3.59. The highest BCUT2D eigenvalue weighted by Gasteiger charge is 2.10. The van der Waals surface area contributed by atoms with Crippen LogP contribution in [0.4, 0.5) is 0 Å². The molecule has 0 amide bonds. The summed E-state index contributed by atoms with van der Waals surface area (Å²) in [6.45, 7) is 0. The van der Waals surface area contributed by atoms with E-state index in [9.17, 15) is 0 Å². The summed E-state index contributed by atoms with van der Waals surface area (Å²) in [7, 11) is 0. The summed E-state index contributed by atoms with van der Waals surface area (Å²) in [6.07, 6.45) is 8.45. The highest BCUT2D eigenvalue weighted by Crippen LogP contribution is 2.21. The van der Waals surface area contributed by atoms with E-state index in [2.05, 4.69) is 22.7 Å². The first-order chi connectivity index (χ1) is 5.79. The minimum atomic E-state index is 0.238. The molecular weight excluding hydrogens is 170 g/mol. The second-order valence-electron chi connectivity index (χ2n) is 3.15. The second kappa shape index (κ2) is 5.09. The van der Waals surface area contributed by atoms with Crippen LogP contribution in [0.2, 0.25) is 0 Å². The number of rotatable bonds is 2. The Balaban J connectivity index is 2.19. The Morgan fingerprint density at radius 3 is 2.67 bits per heavy atom. The van der Waals surface area contributed by atoms with E-state index < -0.39 is 0 Å². The van der Waals surface area contributed by atoms with Crippen LogP contribution < -0.4 is 11.2 Å². The molecule has 4 heteroatoms. The maximum atomic E-state index is 5.21. The lowest BCUT2D eigenvalue weighted by Crippen LogP contribution is -2.24. The van der Waals surface area contributed by atoms with Gasteiger partial charge in [0.1, 0.15) is 0 Å². The summed E-state index contributed by atoms with van der Waals surface area (Å²) < 4.78 is 0. The predicted octanol–water partition coefficient (Wildman–Crippen LogP) is 1.39. The monoisotopic (exact) mass is 185 g/mol. The zero-order valence-electron chi connectivity index (χ0n) is 7.12. The molecule has 0 aliphatic heterocycles. The van der Waals surface area contributed by atoms with E-state index in [1.165, 1.54) is 32.1 Å². The van der Waals surface area contributed by atoms with Gasteiger partial charge in [0, 0.05) is 6.21 Å². The third-order valence-corrected chi connectivity index (χ3v) is 2.20. The van der Waals surface area contributed by atoms with Crippen molar-refractivity contribution in [2.45, 2.75) is 32.1 Å². The van der Waals surface area contributed by atoms with Crippen LogP contribution in [0.5, 0.6) is 0 Å². The van der Waals surface area contributed by atoms with Crippen LogP contribution in [0.25, 0.3) is 0 Å². The third kappa shape index (κ3) is 3.67. The van der Waals surface area contributed by atoms with Crippen molar-refractivity contribution >= 4 is 23.5 Å². The molecule has 68 valence electrons. The van der Waals surface area contributed by atoms with Gasteiger partial charge in [-0.1, -0.05) is 19.3 Å². The molecule has 12 heavy (non-hydrogen) atoms. The molecule has 0 radical (unpaired) electrons. The van der Waals surface area contributed by atoms with Crippen molar-refractivity contribution < 1.29 is 0 Å². The molecule has 0 unspecified atom stereocenters. The first kappa shape index (κ1) is 9.45. The molecule has 0 atom stereocenters. The van der Waals surface area contributed by atoms with Gasteiger partial charge in [-0.25, -0.2) is 0 Å². The van der Waals surface area contributed by atoms with Crippen LogP contribution >= 0.6 is 12.2 Å². The van der Waals surface area contributed by atoms with E-state index in [0.29, 0.717) is 5.92 Å². The van der Waals surface area contributed by atoms with Gasteiger partial charge in [0.15, 0.2) is 5.11 Å². The van der Waals surface area contributed by atoms with Gasteiger partial charge < -0.3 is 5.73 Å². The zero-order chi connectivity index (χ0) is 8.81. The predicted molar refractivity (Wildman–Crippen MR) is 55.0 cm³/mol. The molecule has 0 bridgehead atoms. The molecule has 0 aromatic carbocycles. The Kier molecular flexibility index (Phi) is 4.00. The quantitative estimate of drug-likeness (QED) is 0.388. The molecule has 3 N–H and O–H groups in total. The fraction of sp³-hybridized carbons (Fsp3) is 0.750. The Hall–Kier alpha value is -0.640. The molecule has 1 rings (SSSR count). The fourth-order valence-corrected chi connectivity index (χ4v) is 1.54. The molecule has 1 aliphatic carbocycles. The number of nitrogens with zero attached hydrogens (tertiary/aromatic N) is 1. The van der Waals surface area contributed by atoms with Crippen molar-refractivity contribution in [3.63, 3.8) is 0 Å². The van der Waals surface area contributed by atoms with Crippen LogP contribution in [0.15, 0.2) is 5.10 Å². The molecule has 1 saturated carbocycles. The molecule has 0 heterocycles. The van der Waals surface area contributed by atoms with Crippen LogP contribution in [-0.4, -0.2) is 11.3 Å². The molecule has 3 nitrogen and oxygen atoms in total. The first-order valence-electron chi connectivity index (χ1n) is 4.37. The van der Waals surface area contributed by atoms with E-state index >= 15 is 0 Å². The zero-order valence-corrected chi connectivity index (χ0v) is 7.94. The van der Waals surface area contributed by atoms with Crippen LogP contribution in [0, 0.1) is 5.92 Å². The molecule has 0 spiro atoms. The standard InChI is InChI=1S/C8H15N3S/c9-8(12)11-10-6-7-4-2-1-3-5-7/h6-7H,1-5H2,(H3,9,11,12)/b10-6+. The van der Waals surface area contributed by atoms with Gasteiger partial charge in [-0.15, -0.1) is 0 Å². The van der Waals surface area contributed by atoms with E-state index in [-0.39, 0.29) is 5.11 Å². The van der Waals surface area contributed by atoms with Gasteiger partial charge in [0.25, 0.3) is 0 Å². The molecule has 0 saturated heterocycles. The minimum absolute atomic E-state index is 0.238. The fourth-order valence-electron chi connectivity index (χ4n) is 1.49. The van der Waals surface area contributed by atoms with E-state index in [0.717, 1.165) is 0 Å². The highest BCUT2D eigenvalue weighted by molar-refractivity contribution is 7.80. The van der Waals surface area contributed by atoms with Gasteiger partial charge in [-0.05, 0) is 31.0 Å². The molecule has 0 aromatic rings. The lowest BCUT2D eigenvalue weighted by molar-refractivity contribution is 0.444. The highest BCUT2D eigenvalue weighted by atomic mass is 32.1. The van der Waals surface area contributed by atoms with Crippen molar-refractivity contribution in [1.82, 2.24) is 5.43 Å². The van der Waals surface area contributed by atoms with Crippen molar-refractivity contribution in [2.75, 3.05) is 0 Å². The Morgan fingerprint density at radius 2 is 2.08 bits per heavy atom. The van der Waals surface area contributed by atoms with E-state index in [1.807, 2.05) is 6.21 Å². The summed E-state index contributed by atoms with van der Waals surface area (Å²) >= 11 is 4.62. The maximum absolute atomic E-state index is 5.21. The van der Waals surface area contributed by atoms with Crippen LogP contribution in [-0.2, 0) is 0 Å². The minimum Gasteiger partial charge on any atom is -0.375 e. The SMILES string of the molecule is NC(=S)N/N=C/C1CCCCC1.